The van der Waals surface area contributed by atoms with Crippen LogP contribution in [0.2, 0.25) is 0 Å². The Hall–Kier alpha value is -2.16. The first-order valence-electron chi connectivity index (χ1n) is 12.8. The van der Waals surface area contributed by atoms with Crippen LogP contribution in [-0.4, -0.2) is 104 Å². The molecule has 3 aliphatic rings. The van der Waals surface area contributed by atoms with Crippen LogP contribution in [0.4, 0.5) is 4.79 Å². The van der Waals surface area contributed by atoms with Crippen LogP contribution in [0.3, 0.4) is 0 Å². The zero-order valence-electron chi connectivity index (χ0n) is 20.7. The standard InChI is InChI=1S/C26H40N4O4/c1-27-23(9-8-21-10-13-29(14-11-21)20-22-6-4-3-5-7-22)25(34-26(27)32)30-18-16-28(17-19-30)15-12-24(31)33-2/h3-7,21,23,25H,8-20H2,1-2H3. The van der Waals surface area contributed by atoms with E-state index in [-0.39, 0.29) is 24.3 Å². The number of benzene rings is 1. The molecule has 0 saturated carbocycles. The van der Waals surface area contributed by atoms with Crippen molar-refractivity contribution in [3.05, 3.63) is 35.9 Å². The van der Waals surface area contributed by atoms with Crippen molar-refractivity contribution in [2.24, 2.45) is 5.92 Å². The molecule has 34 heavy (non-hydrogen) atoms. The second-order valence-electron chi connectivity index (χ2n) is 9.94. The van der Waals surface area contributed by atoms with E-state index < -0.39 is 0 Å². The van der Waals surface area contributed by atoms with Crippen LogP contribution in [0, 0.1) is 5.92 Å². The van der Waals surface area contributed by atoms with Crippen LogP contribution < -0.4 is 0 Å². The van der Waals surface area contributed by atoms with Crippen molar-refractivity contribution >= 4 is 12.1 Å². The molecule has 2 atom stereocenters. The Morgan fingerprint density at radius 1 is 1.00 bits per heavy atom. The van der Waals surface area contributed by atoms with Crippen LogP contribution in [0.5, 0.6) is 0 Å². The molecule has 2 unspecified atom stereocenters. The third-order valence-corrected chi connectivity index (χ3v) is 7.79. The number of likely N-dealkylation sites (tertiary alicyclic amines) is 1. The molecule has 0 N–H and O–H groups in total. The van der Waals surface area contributed by atoms with E-state index in [4.69, 9.17) is 9.47 Å². The van der Waals surface area contributed by atoms with Crippen LogP contribution in [0.15, 0.2) is 30.3 Å². The molecule has 8 nitrogen and oxygen atoms in total. The summed E-state index contributed by atoms with van der Waals surface area (Å²) in [7, 11) is 3.31. The van der Waals surface area contributed by atoms with Crippen molar-refractivity contribution in [1.29, 1.82) is 0 Å². The zero-order valence-corrected chi connectivity index (χ0v) is 20.7. The number of esters is 1. The van der Waals surface area contributed by atoms with Crippen LogP contribution in [0.25, 0.3) is 0 Å². The lowest BCUT2D eigenvalue weighted by molar-refractivity contribution is -0.141. The number of piperazine rings is 1. The van der Waals surface area contributed by atoms with Gasteiger partial charge >= 0.3 is 12.1 Å². The Kier molecular flexibility index (Phi) is 8.80. The van der Waals surface area contributed by atoms with Gasteiger partial charge in [-0.05, 0) is 50.3 Å². The third-order valence-electron chi connectivity index (χ3n) is 7.79. The average Bonchev–Trinajstić information content (AvgIpc) is 3.16. The molecule has 3 fully saturated rings. The maximum atomic E-state index is 12.4. The minimum absolute atomic E-state index is 0.108. The molecule has 0 aromatic heterocycles. The van der Waals surface area contributed by atoms with E-state index in [0.717, 1.165) is 65.2 Å². The summed E-state index contributed by atoms with van der Waals surface area (Å²) in [5.74, 6) is 0.548. The maximum absolute atomic E-state index is 12.4. The van der Waals surface area contributed by atoms with Gasteiger partial charge in [-0.2, -0.15) is 0 Å². The fourth-order valence-corrected chi connectivity index (χ4v) is 5.52. The Morgan fingerprint density at radius 3 is 2.38 bits per heavy atom. The van der Waals surface area contributed by atoms with E-state index in [0.29, 0.717) is 12.3 Å². The number of nitrogens with zero attached hydrogens (tertiary/aromatic N) is 4. The predicted octanol–water partition coefficient (Wildman–Crippen LogP) is 2.64. The normalized spacial score (nSPS) is 25.5. The first-order chi connectivity index (χ1) is 16.5. The third kappa shape index (κ3) is 6.49. The SMILES string of the molecule is COC(=O)CCN1CCN(C2OC(=O)N(C)C2CCC2CCN(Cc3ccccc3)CC2)CC1. The summed E-state index contributed by atoms with van der Waals surface area (Å²) in [4.78, 5) is 32.8. The summed E-state index contributed by atoms with van der Waals surface area (Å²) in [6, 6.07) is 10.8. The Bertz CT molecular complexity index is 791. The number of rotatable bonds is 9. The van der Waals surface area contributed by atoms with Crippen molar-refractivity contribution in [2.45, 2.75) is 50.9 Å². The lowest BCUT2D eigenvalue weighted by Gasteiger charge is -2.39. The fraction of sp³-hybridized carbons (Fsp3) is 0.692. The highest BCUT2D eigenvalue weighted by molar-refractivity contribution is 5.70. The lowest BCUT2D eigenvalue weighted by Crippen LogP contribution is -2.54. The van der Waals surface area contributed by atoms with Gasteiger partial charge in [0.25, 0.3) is 0 Å². The van der Waals surface area contributed by atoms with Gasteiger partial charge in [0.05, 0.1) is 19.6 Å². The van der Waals surface area contributed by atoms with Crippen LogP contribution in [0.1, 0.15) is 37.7 Å². The summed E-state index contributed by atoms with van der Waals surface area (Å²) in [5, 5.41) is 0. The molecule has 3 heterocycles. The molecule has 188 valence electrons. The predicted molar refractivity (Wildman–Crippen MR) is 130 cm³/mol. The second kappa shape index (κ2) is 12.0. The number of hydrogen-bond donors (Lipinski definition) is 0. The number of piperidine rings is 1. The number of methoxy groups -OCH3 is 1. The largest absolute Gasteiger partial charge is 0.469 e. The molecule has 1 aromatic carbocycles. The summed E-state index contributed by atoms with van der Waals surface area (Å²) < 4.78 is 10.6. The molecular formula is C26H40N4O4. The first kappa shape index (κ1) is 24.9. The van der Waals surface area contributed by atoms with E-state index in [1.54, 1.807) is 4.90 Å². The van der Waals surface area contributed by atoms with Gasteiger partial charge in [-0.25, -0.2) is 4.79 Å². The topological polar surface area (TPSA) is 65.6 Å². The monoisotopic (exact) mass is 472 g/mol. The quantitative estimate of drug-likeness (QED) is 0.512. The van der Waals surface area contributed by atoms with Gasteiger partial charge in [-0.1, -0.05) is 30.3 Å². The van der Waals surface area contributed by atoms with Crippen molar-refractivity contribution in [1.82, 2.24) is 19.6 Å². The zero-order chi connectivity index (χ0) is 23.9. The van der Waals surface area contributed by atoms with Gasteiger partial charge in [0.1, 0.15) is 0 Å². The molecular weight excluding hydrogens is 432 g/mol. The number of carbonyl (C=O) groups is 2. The van der Waals surface area contributed by atoms with E-state index >= 15 is 0 Å². The molecule has 3 saturated heterocycles. The second-order valence-corrected chi connectivity index (χ2v) is 9.94. The Labute approximate surface area is 203 Å². The molecule has 8 heteroatoms. The molecule has 1 aromatic rings. The van der Waals surface area contributed by atoms with E-state index in [2.05, 4.69) is 45.0 Å². The molecule has 0 radical (unpaired) electrons. The van der Waals surface area contributed by atoms with Gasteiger partial charge in [0.15, 0.2) is 6.23 Å². The molecule has 0 spiro atoms. The van der Waals surface area contributed by atoms with Crippen molar-refractivity contribution < 1.29 is 19.1 Å². The Morgan fingerprint density at radius 2 is 1.71 bits per heavy atom. The number of likely N-dealkylation sites (N-methyl/N-ethyl adjacent to an activating group) is 1. The summed E-state index contributed by atoms with van der Waals surface area (Å²) in [5.41, 5.74) is 1.39. The van der Waals surface area contributed by atoms with Crippen LogP contribution >= 0.6 is 0 Å². The molecule has 0 aliphatic carbocycles. The number of ether oxygens (including phenoxy) is 2. The fourth-order valence-electron chi connectivity index (χ4n) is 5.52. The Balaban J connectivity index is 1.21. The number of amides is 1. The minimum atomic E-state index is -0.208. The van der Waals surface area contributed by atoms with Crippen molar-refractivity contribution in [3.8, 4) is 0 Å². The van der Waals surface area contributed by atoms with Crippen molar-refractivity contribution in [2.75, 3.05) is 60.0 Å². The summed E-state index contributed by atoms with van der Waals surface area (Å²) >= 11 is 0. The number of hydrogen-bond acceptors (Lipinski definition) is 7. The first-order valence-corrected chi connectivity index (χ1v) is 12.8. The minimum Gasteiger partial charge on any atom is -0.469 e. The maximum Gasteiger partial charge on any atom is 0.411 e. The lowest BCUT2D eigenvalue weighted by atomic mass is 9.90. The highest BCUT2D eigenvalue weighted by Gasteiger charge is 2.43. The van der Waals surface area contributed by atoms with E-state index in [1.807, 2.05) is 7.05 Å². The van der Waals surface area contributed by atoms with E-state index in [1.165, 1.54) is 25.5 Å². The van der Waals surface area contributed by atoms with Gasteiger partial charge < -0.3 is 19.3 Å². The van der Waals surface area contributed by atoms with Gasteiger partial charge in [0.2, 0.25) is 0 Å². The van der Waals surface area contributed by atoms with Crippen molar-refractivity contribution in [3.63, 3.8) is 0 Å². The van der Waals surface area contributed by atoms with Gasteiger partial charge in [-0.15, -0.1) is 0 Å². The average molecular weight is 473 g/mol. The van der Waals surface area contributed by atoms with Crippen LogP contribution in [-0.2, 0) is 20.8 Å². The molecule has 3 aliphatic heterocycles. The molecule has 4 rings (SSSR count). The van der Waals surface area contributed by atoms with Gasteiger partial charge in [-0.3, -0.25) is 14.6 Å². The van der Waals surface area contributed by atoms with Gasteiger partial charge in [0, 0.05) is 46.3 Å². The molecule has 1 amide bonds. The number of cyclic esters (lactones) is 1. The summed E-state index contributed by atoms with van der Waals surface area (Å²) in [6.45, 7) is 7.50. The number of carbonyl (C=O) groups excluding carboxylic acids is 2. The smallest absolute Gasteiger partial charge is 0.411 e. The highest BCUT2D eigenvalue weighted by atomic mass is 16.6. The summed E-state index contributed by atoms with van der Waals surface area (Å²) in [6.07, 6.45) is 4.62. The molecule has 0 bridgehead atoms. The van der Waals surface area contributed by atoms with E-state index in [9.17, 15) is 9.59 Å². The highest BCUT2D eigenvalue weighted by Crippen LogP contribution is 2.30.